The smallest absolute Gasteiger partial charge is 0.293 e. The van der Waals surface area contributed by atoms with Gasteiger partial charge in [-0.05, 0) is 57.4 Å². The van der Waals surface area contributed by atoms with Crippen LogP contribution in [0, 0.1) is 21.8 Å². The van der Waals surface area contributed by atoms with Crippen LogP contribution in [0.1, 0.15) is 52.0 Å². The number of ether oxygens (including phenoxy) is 1. The topological polar surface area (TPSA) is 81.5 Å². The van der Waals surface area contributed by atoms with Crippen LogP contribution in [0.5, 0.6) is 0 Å². The number of nitrogens with zero attached hydrogens (tertiary/aromatic N) is 1. The van der Waals surface area contributed by atoms with Gasteiger partial charge < -0.3 is 10.1 Å². The lowest BCUT2D eigenvalue weighted by Crippen LogP contribution is -2.49. The Labute approximate surface area is 154 Å². The second kappa shape index (κ2) is 10.2. The minimum atomic E-state index is -0.674. The van der Waals surface area contributed by atoms with E-state index in [0.717, 1.165) is 24.9 Å². The predicted octanol–water partition coefficient (Wildman–Crippen LogP) is 3.53. The first-order chi connectivity index (χ1) is 12.2. The van der Waals surface area contributed by atoms with Crippen molar-refractivity contribution in [3.05, 3.63) is 45.8 Å². The highest BCUT2D eigenvalue weighted by molar-refractivity contribution is 5.37. The van der Waals surface area contributed by atoms with Crippen LogP contribution >= 0.6 is 0 Å². The number of rotatable bonds is 5. The van der Waals surface area contributed by atoms with Gasteiger partial charge >= 0.3 is 0 Å². The Morgan fingerprint density at radius 3 is 2.54 bits per heavy atom. The van der Waals surface area contributed by atoms with E-state index in [4.69, 9.17) is 0 Å². The Morgan fingerprint density at radius 1 is 1.38 bits per heavy atom. The number of carbonyl (C=O) groups excluding carboxylic acids is 1. The van der Waals surface area contributed by atoms with E-state index in [-0.39, 0.29) is 28.2 Å². The molecule has 146 valence electrons. The van der Waals surface area contributed by atoms with E-state index >= 15 is 0 Å². The van der Waals surface area contributed by atoms with Crippen molar-refractivity contribution < 1.29 is 18.8 Å². The first-order valence-electron chi connectivity index (χ1n) is 8.90. The summed E-state index contributed by atoms with van der Waals surface area (Å²) in [6, 6.07) is 5.58. The summed E-state index contributed by atoms with van der Waals surface area (Å²) in [6.45, 7) is 9.11. The quantitative estimate of drug-likeness (QED) is 0.488. The van der Waals surface area contributed by atoms with Gasteiger partial charge in [0.1, 0.15) is 11.4 Å². The summed E-state index contributed by atoms with van der Waals surface area (Å²) in [4.78, 5) is 20.6. The highest BCUT2D eigenvalue weighted by atomic mass is 19.1. The van der Waals surface area contributed by atoms with E-state index in [2.05, 4.69) is 17.0 Å². The Kier molecular flexibility index (Phi) is 8.65. The molecular weight excluding hydrogens is 339 g/mol. The van der Waals surface area contributed by atoms with Gasteiger partial charge in [0.25, 0.3) is 6.47 Å². The van der Waals surface area contributed by atoms with Crippen LogP contribution in [-0.2, 0) is 9.53 Å². The second-order valence-corrected chi connectivity index (χ2v) is 7.47. The number of hydrogen-bond donors (Lipinski definition) is 1. The third-order valence-electron chi connectivity index (χ3n) is 4.25. The van der Waals surface area contributed by atoms with Gasteiger partial charge in [0.15, 0.2) is 0 Å². The SMILES string of the molecule is CC(C)(C)OC=O.CCC[C@H]1CNC[C@@H]([N+](=O)[O-])[C@@H]1c1cccc(F)c1. The molecule has 0 spiro atoms. The molecule has 0 bridgehead atoms. The zero-order valence-corrected chi connectivity index (χ0v) is 15.9. The van der Waals surface area contributed by atoms with Crippen molar-refractivity contribution in [3.8, 4) is 0 Å². The molecular formula is C19H29FN2O4. The Bertz CT molecular complexity index is 587. The lowest BCUT2D eigenvalue weighted by atomic mass is 9.76. The number of halogens is 1. The van der Waals surface area contributed by atoms with Crippen LogP contribution in [0.3, 0.4) is 0 Å². The summed E-state index contributed by atoms with van der Waals surface area (Å²) in [5.74, 6) is -0.337. The number of hydrogen-bond acceptors (Lipinski definition) is 5. The molecule has 26 heavy (non-hydrogen) atoms. The molecule has 1 heterocycles. The van der Waals surface area contributed by atoms with Gasteiger partial charge in [-0.2, -0.15) is 0 Å². The Balaban J connectivity index is 0.000000412. The van der Waals surface area contributed by atoms with Crippen molar-refractivity contribution >= 4 is 6.47 Å². The van der Waals surface area contributed by atoms with Crippen LogP contribution in [0.15, 0.2) is 24.3 Å². The van der Waals surface area contributed by atoms with Crippen molar-refractivity contribution in [3.63, 3.8) is 0 Å². The third kappa shape index (κ3) is 7.07. The fourth-order valence-corrected chi connectivity index (χ4v) is 3.20. The largest absolute Gasteiger partial charge is 0.462 e. The maximum absolute atomic E-state index is 13.4. The standard InChI is InChI=1S/C14H19FN2O2.C5H10O2/c1-2-4-11-8-16-9-13(17(18)19)14(11)10-5-3-6-12(15)7-10;1-5(2,3)7-4-6/h3,5-7,11,13-14,16H,2,4,8-9H2,1H3;4H,1-3H3/t11-,13+,14+;/m0./s1. The van der Waals surface area contributed by atoms with Crippen LogP contribution in [0.4, 0.5) is 4.39 Å². The van der Waals surface area contributed by atoms with Gasteiger partial charge in [-0.25, -0.2) is 4.39 Å². The maximum atomic E-state index is 13.4. The fourth-order valence-electron chi connectivity index (χ4n) is 3.20. The molecule has 0 saturated carbocycles. The molecule has 2 rings (SSSR count). The number of piperidine rings is 1. The molecule has 0 radical (unpaired) electrons. The van der Waals surface area contributed by atoms with Crippen molar-refractivity contribution in [1.29, 1.82) is 0 Å². The molecule has 0 aliphatic carbocycles. The van der Waals surface area contributed by atoms with Crippen molar-refractivity contribution in [2.75, 3.05) is 13.1 Å². The molecule has 0 amide bonds. The van der Waals surface area contributed by atoms with E-state index in [1.165, 1.54) is 12.1 Å². The molecule has 1 saturated heterocycles. The molecule has 0 aromatic heterocycles. The van der Waals surface area contributed by atoms with Crippen molar-refractivity contribution in [1.82, 2.24) is 5.32 Å². The molecule has 6 nitrogen and oxygen atoms in total. The lowest BCUT2D eigenvalue weighted by molar-refractivity contribution is -0.528. The predicted molar refractivity (Wildman–Crippen MR) is 98.1 cm³/mol. The Hall–Kier alpha value is -2.02. The normalized spacial score (nSPS) is 22.7. The van der Waals surface area contributed by atoms with Crippen LogP contribution in [0.2, 0.25) is 0 Å². The summed E-state index contributed by atoms with van der Waals surface area (Å²) in [7, 11) is 0. The third-order valence-corrected chi connectivity index (χ3v) is 4.25. The van der Waals surface area contributed by atoms with Gasteiger partial charge in [-0.1, -0.05) is 25.5 Å². The molecule has 0 unspecified atom stereocenters. The van der Waals surface area contributed by atoms with Gasteiger partial charge in [0.2, 0.25) is 6.04 Å². The zero-order valence-electron chi connectivity index (χ0n) is 15.9. The summed E-state index contributed by atoms with van der Waals surface area (Å²) < 4.78 is 17.9. The highest BCUT2D eigenvalue weighted by Gasteiger charge is 2.41. The maximum Gasteiger partial charge on any atom is 0.293 e. The van der Waals surface area contributed by atoms with E-state index in [0.29, 0.717) is 13.0 Å². The summed E-state index contributed by atoms with van der Waals surface area (Å²) >= 11 is 0. The molecule has 1 aromatic rings. The van der Waals surface area contributed by atoms with Crippen molar-refractivity contribution in [2.45, 2.75) is 58.1 Å². The molecule has 3 atom stereocenters. The fraction of sp³-hybridized carbons (Fsp3) is 0.632. The first-order valence-corrected chi connectivity index (χ1v) is 8.90. The van der Waals surface area contributed by atoms with E-state index in [1.54, 1.807) is 12.1 Å². The number of carbonyl (C=O) groups is 1. The van der Waals surface area contributed by atoms with E-state index < -0.39 is 6.04 Å². The van der Waals surface area contributed by atoms with E-state index in [9.17, 15) is 19.3 Å². The number of benzene rings is 1. The second-order valence-electron chi connectivity index (χ2n) is 7.47. The van der Waals surface area contributed by atoms with Crippen LogP contribution in [-0.4, -0.2) is 36.1 Å². The van der Waals surface area contributed by atoms with Crippen molar-refractivity contribution in [2.24, 2.45) is 5.92 Å². The molecule has 1 aromatic carbocycles. The Morgan fingerprint density at radius 2 is 2.08 bits per heavy atom. The van der Waals surface area contributed by atoms with Gasteiger partial charge in [-0.3, -0.25) is 14.9 Å². The minimum absolute atomic E-state index is 0.191. The number of nitro groups is 1. The summed E-state index contributed by atoms with van der Waals surface area (Å²) in [6.07, 6.45) is 1.89. The number of nitrogens with one attached hydrogen (secondary N) is 1. The first kappa shape index (κ1) is 22.0. The molecule has 1 N–H and O–H groups in total. The average Bonchev–Trinajstić information content (AvgIpc) is 2.54. The molecule has 1 aliphatic rings. The monoisotopic (exact) mass is 368 g/mol. The summed E-state index contributed by atoms with van der Waals surface area (Å²) in [5, 5.41) is 14.4. The highest BCUT2D eigenvalue weighted by Crippen LogP contribution is 2.34. The minimum Gasteiger partial charge on any atom is -0.462 e. The van der Waals surface area contributed by atoms with E-state index in [1.807, 2.05) is 20.8 Å². The molecule has 1 aliphatic heterocycles. The van der Waals surface area contributed by atoms with Crippen LogP contribution in [0.25, 0.3) is 0 Å². The zero-order chi connectivity index (χ0) is 19.7. The van der Waals surface area contributed by atoms with Crippen LogP contribution < -0.4 is 5.32 Å². The average molecular weight is 368 g/mol. The van der Waals surface area contributed by atoms with Gasteiger partial charge in [0, 0.05) is 4.92 Å². The summed E-state index contributed by atoms with van der Waals surface area (Å²) in [5.41, 5.74) is 0.434. The van der Waals surface area contributed by atoms with Gasteiger partial charge in [0.05, 0.1) is 12.5 Å². The van der Waals surface area contributed by atoms with Gasteiger partial charge in [-0.15, -0.1) is 0 Å². The molecule has 1 fully saturated rings. The molecule has 7 heteroatoms. The lowest BCUT2D eigenvalue weighted by Gasteiger charge is -2.34.